The molecule has 0 aliphatic carbocycles. The molecule has 1 aliphatic heterocycles. The number of hydrogen-bond donors (Lipinski definition) is 1. The van der Waals surface area contributed by atoms with Gasteiger partial charge in [-0.25, -0.2) is 8.42 Å². The first-order chi connectivity index (χ1) is 13.9. The number of rotatable bonds is 8. The van der Waals surface area contributed by atoms with Gasteiger partial charge in [-0.2, -0.15) is 0 Å². The van der Waals surface area contributed by atoms with Gasteiger partial charge in [-0.3, -0.25) is 4.72 Å². The van der Waals surface area contributed by atoms with Crippen molar-refractivity contribution in [2.75, 3.05) is 37.7 Å². The highest BCUT2D eigenvalue weighted by Gasteiger charge is 2.25. The Labute approximate surface area is 173 Å². The molecule has 0 aromatic heterocycles. The van der Waals surface area contributed by atoms with E-state index >= 15 is 0 Å². The van der Waals surface area contributed by atoms with Gasteiger partial charge in [0, 0.05) is 18.2 Å². The van der Waals surface area contributed by atoms with Gasteiger partial charge in [0.05, 0.1) is 12.0 Å². The molecule has 1 fully saturated rings. The fourth-order valence-electron chi connectivity index (χ4n) is 3.75. The van der Waals surface area contributed by atoms with E-state index in [1.54, 1.807) is 19.2 Å². The summed E-state index contributed by atoms with van der Waals surface area (Å²) in [7, 11) is -1.72. The molecule has 0 radical (unpaired) electrons. The number of nitrogens with zero attached hydrogens (tertiary/aromatic N) is 2. The summed E-state index contributed by atoms with van der Waals surface area (Å²) in [6.45, 7) is 3.14. The predicted octanol–water partition coefficient (Wildman–Crippen LogP) is 3.36. The lowest BCUT2D eigenvalue weighted by molar-refractivity contribution is 0.195. The van der Waals surface area contributed by atoms with Crippen LogP contribution in [-0.2, 0) is 21.3 Å². The second kappa shape index (κ2) is 9.89. The van der Waals surface area contributed by atoms with E-state index in [4.69, 9.17) is 4.84 Å². The Morgan fingerprint density at radius 2 is 1.76 bits per heavy atom. The average molecular weight is 416 g/mol. The molecule has 0 atom stereocenters. The number of anilines is 1. The summed E-state index contributed by atoms with van der Waals surface area (Å²) in [5.74, 6) is 0.330. The number of piperidine rings is 1. The summed E-state index contributed by atoms with van der Waals surface area (Å²) in [6.07, 6.45) is 4.27. The van der Waals surface area contributed by atoms with Crippen molar-refractivity contribution in [2.45, 2.75) is 19.3 Å². The third kappa shape index (κ3) is 6.58. The van der Waals surface area contributed by atoms with Crippen LogP contribution in [0.3, 0.4) is 0 Å². The first kappa shape index (κ1) is 21.3. The van der Waals surface area contributed by atoms with Gasteiger partial charge in [-0.15, -0.1) is 0 Å². The number of hydrogen-bond acceptors (Lipinski definition) is 5. The summed E-state index contributed by atoms with van der Waals surface area (Å²) >= 11 is 0. The third-order valence-corrected chi connectivity index (χ3v) is 5.81. The average Bonchev–Trinajstić information content (AvgIpc) is 2.71. The molecule has 6 nitrogen and oxygen atoms in total. The molecule has 1 heterocycles. The maximum Gasteiger partial charge on any atom is 0.229 e. The molecule has 0 unspecified atom stereocenters. The summed E-state index contributed by atoms with van der Waals surface area (Å²) in [4.78, 5) is 7.62. The van der Waals surface area contributed by atoms with E-state index in [2.05, 4.69) is 45.1 Å². The van der Waals surface area contributed by atoms with Crippen LogP contribution in [0, 0.1) is 5.92 Å². The Morgan fingerprint density at radius 3 is 2.34 bits per heavy atom. The second-order valence-corrected chi connectivity index (χ2v) is 9.21. The van der Waals surface area contributed by atoms with E-state index in [0.717, 1.165) is 56.4 Å². The van der Waals surface area contributed by atoms with E-state index in [1.807, 2.05) is 12.1 Å². The molecule has 2 aromatic rings. The Hall–Kier alpha value is -2.38. The highest BCUT2D eigenvalue weighted by atomic mass is 32.2. The monoisotopic (exact) mass is 415 g/mol. The molecule has 156 valence electrons. The topological polar surface area (TPSA) is 71.0 Å². The zero-order valence-electron chi connectivity index (χ0n) is 17.0. The molecule has 0 saturated carbocycles. The van der Waals surface area contributed by atoms with Crippen LogP contribution < -0.4 is 4.72 Å². The van der Waals surface area contributed by atoms with Crippen LogP contribution in [0.2, 0.25) is 0 Å². The molecule has 29 heavy (non-hydrogen) atoms. The maximum absolute atomic E-state index is 11.4. The Bertz CT molecular complexity index is 904. The van der Waals surface area contributed by atoms with Crippen molar-refractivity contribution >= 4 is 21.4 Å². The highest BCUT2D eigenvalue weighted by Crippen LogP contribution is 2.24. The first-order valence-electron chi connectivity index (χ1n) is 9.90. The van der Waals surface area contributed by atoms with Crippen LogP contribution in [0.15, 0.2) is 59.8 Å². The van der Waals surface area contributed by atoms with Gasteiger partial charge in [-0.1, -0.05) is 47.6 Å². The number of benzene rings is 2. The second-order valence-electron chi connectivity index (χ2n) is 7.46. The lowest BCUT2D eigenvalue weighted by Gasteiger charge is -2.32. The van der Waals surface area contributed by atoms with E-state index in [-0.39, 0.29) is 0 Å². The molecule has 1 saturated heterocycles. The fraction of sp³-hybridized carbons (Fsp3) is 0.409. The van der Waals surface area contributed by atoms with Crippen molar-refractivity contribution in [3.8, 4) is 0 Å². The van der Waals surface area contributed by atoms with Crippen molar-refractivity contribution in [2.24, 2.45) is 11.1 Å². The number of sulfonamides is 1. The molecule has 0 bridgehead atoms. The van der Waals surface area contributed by atoms with Gasteiger partial charge in [-0.05, 0) is 55.6 Å². The molecule has 7 heteroatoms. The quantitative estimate of drug-likeness (QED) is 0.530. The molecule has 3 rings (SSSR count). The lowest BCUT2D eigenvalue weighted by Crippen LogP contribution is -2.37. The Morgan fingerprint density at radius 1 is 1.10 bits per heavy atom. The molecular formula is C22H29N3O3S. The van der Waals surface area contributed by atoms with Crippen molar-refractivity contribution in [1.82, 2.24) is 4.90 Å². The fourth-order valence-corrected chi connectivity index (χ4v) is 4.31. The molecule has 1 N–H and O–H groups in total. The van der Waals surface area contributed by atoms with Crippen LogP contribution in [0.5, 0.6) is 0 Å². The van der Waals surface area contributed by atoms with E-state index < -0.39 is 10.0 Å². The summed E-state index contributed by atoms with van der Waals surface area (Å²) in [5, 5.41) is 4.30. The molecule has 0 spiro atoms. The smallest absolute Gasteiger partial charge is 0.229 e. The van der Waals surface area contributed by atoms with Crippen LogP contribution in [0.1, 0.15) is 24.0 Å². The minimum Gasteiger partial charge on any atom is -0.399 e. The normalized spacial score (nSPS) is 16.6. The largest absolute Gasteiger partial charge is 0.399 e. The van der Waals surface area contributed by atoms with Gasteiger partial charge < -0.3 is 9.74 Å². The predicted molar refractivity (Wildman–Crippen MR) is 118 cm³/mol. The Balaban J connectivity index is 1.58. The lowest BCUT2D eigenvalue weighted by atomic mass is 9.88. The minimum absolute atomic E-state index is 0.330. The summed E-state index contributed by atoms with van der Waals surface area (Å²) in [5.41, 5.74) is 3.82. The number of oxime groups is 1. The van der Waals surface area contributed by atoms with Gasteiger partial charge in [0.25, 0.3) is 0 Å². The standard InChI is InChI=1S/C22H29N3O3S/c1-28-23-22(19-8-10-21(11-9-19)24-29(2,26)27)20-13-16-25(17-14-20)15-12-18-6-4-3-5-7-18/h3-11,20,24H,12-17H2,1-2H3/b23-22+. The molecule has 0 amide bonds. The third-order valence-electron chi connectivity index (χ3n) is 5.21. The summed E-state index contributed by atoms with van der Waals surface area (Å²) < 4.78 is 25.3. The SMILES string of the molecule is CO/N=C(\c1ccc(NS(C)(=O)=O)cc1)C1CCN(CCc2ccccc2)CC1. The van der Waals surface area contributed by atoms with Crippen LogP contribution in [0.4, 0.5) is 5.69 Å². The molecule has 1 aliphatic rings. The van der Waals surface area contributed by atoms with E-state index in [1.165, 1.54) is 5.56 Å². The minimum atomic E-state index is -3.28. The zero-order chi connectivity index (χ0) is 20.7. The van der Waals surface area contributed by atoms with Crippen LogP contribution in [0.25, 0.3) is 0 Å². The summed E-state index contributed by atoms with van der Waals surface area (Å²) in [6, 6.07) is 17.9. The molecular weight excluding hydrogens is 386 g/mol. The van der Waals surface area contributed by atoms with E-state index in [0.29, 0.717) is 11.6 Å². The van der Waals surface area contributed by atoms with Gasteiger partial charge >= 0.3 is 0 Å². The van der Waals surface area contributed by atoms with Crippen molar-refractivity contribution < 1.29 is 13.3 Å². The van der Waals surface area contributed by atoms with Crippen molar-refractivity contribution in [3.05, 3.63) is 65.7 Å². The van der Waals surface area contributed by atoms with Gasteiger partial charge in [0.15, 0.2) is 0 Å². The molecule has 2 aromatic carbocycles. The zero-order valence-corrected chi connectivity index (χ0v) is 17.9. The Kier molecular flexibility index (Phi) is 7.28. The van der Waals surface area contributed by atoms with Crippen LogP contribution >= 0.6 is 0 Å². The highest BCUT2D eigenvalue weighted by molar-refractivity contribution is 7.92. The van der Waals surface area contributed by atoms with Crippen molar-refractivity contribution in [1.29, 1.82) is 0 Å². The van der Waals surface area contributed by atoms with Gasteiger partial charge in [0.1, 0.15) is 7.11 Å². The number of likely N-dealkylation sites (tertiary alicyclic amines) is 1. The van der Waals surface area contributed by atoms with Crippen LogP contribution in [-0.4, -0.2) is 52.0 Å². The van der Waals surface area contributed by atoms with Crippen molar-refractivity contribution in [3.63, 3.8) is 0 Å². The van der Waals surface area contributed by atoms with E-state index in [9.17, 15) is 8.42 Å². The maximum atomic E-state index is 11.4. The number of nitrogens with one attached hydrogen (secondary N) is 1. The van der Waals surface area contributed by atoms with Gasteiger partial charge in [0.2, 0.25) is 10.0 Å². The first-order valence-corrected chi connectivity index (χ1v) is 11.8.